The Labute approximate surface area is 169 Å². The Hall–Kier alpha value is -2.39. The SMILES string of the molecule is CC(C)(CCCc1cccc(Oc2ccc(F)cc2)c1)c1ccc(F)c(Cl)c1. The maximum atomic E-state index is 13.4. The van der Waals surface area contributed by atoms with Crippen molar-refractivity contribution in [2.75, 3.05) is 0 Å². The number of halogens is 3. The van der Waals surface area contributed by atoms with Crippen LogP contribution in [-0.4, -0.2) is 0 Å². The Bertz CT molecular complexity index is 936. The lowest BCUT2D eigenvalue weighted by atomic mass is 9.80. The second kappa shape index (κ2) is 8.74. The van der Waals surface area contributed by atoms with E-state index in [9.17, 15) is 8.78 Å². The summed E-state index contributed by atoms with van der Waals surface area (Å²) in [6.07, 6.45) is 2.82. The lowest BCUT2D eigenvalue weighted by Crippen LogP contribution is -2.17. The summed E-state index contributed by atoms with van der Waals surface area (Å²) in [7, 11) is 0. The van der Waals surface area contributed by atoms with Crippen LogP contribution >= 0.6 is 11.6 Å². The minimum atomic E-state index is -0.390. The molecule has 0 aliphatic carbocycles. The van der Waals surface area contributed by atoms with Crippen LogP contribution in [0.5, 0.6) is 11.5 Å². The van der Waals surface area contributed by atoms with Crippen LogP contribution in [0.25, 0.3) is 0 Å². The molecule has 0 heterocycles. The normalized spacial score (nSPS) is 11.5. The third kappa shape index (κ3) is 5.32. The molecule has 0 saturated heterocycles. The van der Waals surface area contributed by atoms with Crippen LogP contribution < -0.4 is 4.74 Å². The van der Waals surface area contributed by atoms with E-state index in [1.165, 1.54) is 23.8 Å². The molecule has 0 fully saturated rings. The van der Waals surface area contributed by atoms with Crippen LogP contribution in [0.1, 0.15) is 37.8 Å². The molecule has 28 heavy (non-hydrogen) atoms. The predicted molar refractivity (Wildman–Crippen MR) is 110 cm³/mol. The van der Waals surface area contributed by atoms with Gasteiger partial charge < -0.3 is 4.74 Å². The Kier molecular flexibility index (Phi) is 6.35. The van der Waals surface area contributed by atoms with Gasteiger partial charge in [-0.15, -0.1) is 0 Å². The van der Waals surface area contributed by atoms with Gasteiger partial charge in [-0.05, 0) is 84.3 Å². The van der Waals surface area contributed by atoms with E-state index in [-0.39, 0.29) is 22.1 Å². The van der Waals surface area contributed by atoms with Gasteiger partial charge in [0.25, 0.3) is 0 Å². The van der Waals surface area contributed by atoms with E-state index in [2.05, 4.69) is 19.9 Å². The van der Waals surface area contributed by atoms with Gasteiger partial charge in [0.2, 0.25) is 0 Å². The Morgan fingerprint density at radius 3 is 2.36 bits per heavy atom. The van der Waals surface area contributed by atoms with Crippen molar-refractivity contribution in [1.29, 1.82) is 0 Å². The Morgan fingerprint density at radius 1 is 0.893 bits per heavy atom. The van der Waals surface area contributed by atoms with Gasteiger partial charge in [-0.2, -0.15) is 0 Å². The van der Waals surface area contributed by atoms with Gasteiger partial charge in [0.1, 0.15) is 23.1 Å². The van der Waals surface area contributed by atoms with Crippen molar-refractivity contribution in [1.82, 2.24) is 0 Å². The lowest BCUT2D eigenvalue weighted by Gasteiger charge is -2.25. The minimum Gasteiger partial charge on any atom is -0.457 e. The molecular formula is C24H23ClF2O. The first-order valence-electron chi connectivity index (χ1n) is 9.31. The van der Waals surface area contributed by atoms with Crippen molar-refractivity contribution in [2.24, 2.45) is 0 Å². The van der Waals surface area contributed by atoms with Gasteiger partial charge in [-0.1, -0.05) is 43.6 Å². The minimum absolute atomic E-state index is 0.0977. The zero-order valence-electron chi connectivity index (χ0n) is 16.0. The van der Waals surface area contributed by atoms with Gasteiger partial charge in [-0.3, -0.25) is 0 Å². The molecule has 146 valence electrons. The second-order valence-electron chi connectivity index (χ2n) is 7.57. The molecule has 3 aromatic rings. The number of hydrogen-bond donors (Lipinski definition) is 0. The summed E-state index contributed by atoms with van der Waals surface area (Å²) in [5, 5.41) is 0.163. The molecule has 0 aromatic heterocycles. The fourth-order valence-electron chi connectivity index (χ4n) is 3.20. The van der Waals surface area contributed by atoms with Crippen molar-refractivity contribution in [3.63, 3.8) is 0 Å². The summed E-state index contributed by atoms with van der Waals surface area (Å²) < 4.78 is 32.2. The van der Waals surface area contributed by atoms with Crippen molar-refractivity contribution in [3.05, 3.63) is 94.5 Å². The van der Waals surface area contributed by atoms with E-state index in [0.717, 1.165) is 30.6 Å². The van der Waals surface area contributed by atoms with Gasteiger partial charge >= 0.3 is 0 Å². The number of ether oxygens (including phenoxy) is 1. The first-order chi connectivity index (χ1) is 13.3. The molecule has 0 unspecified atom stereocenters. The summed E-state index contributed by atoms with van der Waals surface area (Å²) in [6.45, 7) is 4.29. The second-order valence-corrected chi connectivity index (χ2v) is 7.98. The standard InChI is InChI=1S/C24H23ClF2O/c1-24(2,18-8-13-23(27)22(25)16-18)14-4-6-17-5-3-7-21(15-17)28-20-11-9-19(26)10-12-20/h3,5,7-13,15-16H,4,6,14H2,1-2H3. The van der Waals surface area contributed by atoms with Crippen molar-refractivity contribution >= 4 is 11.6 Å². The molecule has 0 spiro atoms. The molecule has 0 N–H and O–H groups in total. The number of aryl methyl sites for hydroxylation is 1. The van der Waals surface area contributed by atoms with Crippen LogP contribution in [0.3, 0.4) is 0 Å². The molecule has 0 atom stereocenters. The average Bonchev–Trinajstić information content (AvgIpc) is 2.66. The summed E-state index contributed by atoms with van der Waals surface area (Å²) >= 11 is 5.93. The van der Waals surface area contributed by atoms with E-state index in [1.807, 2.05) is 18.2 Å². The summed E-state index contributed by atoms with van der Waals surface area (Å²) in [5.41, 5.74) is 2.11. The Balaban J connectivity index is 1.59. The highest BCUT2D eigenvalue weighted by molar-refractivity contribution is 6.30. The monoisotopic (exact) mass is 400 g/mol. The summed E-state index contributed by atoms with van der Waals surface area (Å²) in [6, 6.07) is 18.8. The molecule has 0 bridgehead atoms. The highest BCUT2D eigenvalue weighted by atomic mass is 35.5. The quantitative estimate of drug-likeness (QED) is 0.394. The fourth-order valence-corrected chi connectivity index (χ4v) is 3.38. The average molecular weight is 401 g/mol. The highest BCUT2D eigenvalue weighted by Crippen LogP contribution is 2.32. The summed E-state index contributed by atoms with van der Waals surface area (Å²) in [4.78, 5) is 0. The number of rotatable bonds is 7. The van der Waals surface area contributed by atoms with Crippen molar-refractivity contribution < 1.29 is 13.5 Å². The lowest BCUT2D eigenvalue weighted by molar-refractivity contribution is 0.459. The highest BCUT2D eigenvalue weighted by Gasteiger charge is 2.21. The molecule has 0 aliphatic heterocycles. The van der Waals surface area contributed by atoms with Crippen molar-refractivity contribution in [3.8, 4) is 11.5 Å². The predicted octanol–water partition coefficient (Wildman–Crippen LogP) is 7.71. The van der Waals surface area contributed by atoms with Crippen LogP contribution in [0.4, 0.5) is 8.78 Å². The fraction of sp³-hybridized carbons (Fsp3) is 0.250. The zero-order chi connectivity index (χ0) is 20.1. The van der Waals surface area contributed by atoms with E-state index in [1.54, 1.807) is 24.3 Å². The van der Waals surface area contributed by atoms with Gasteiger partial charge in [0, 0.05) is 0 Å². The molecule has 0 radical (unpaired) electrons. The van der Waals surface area contributed by atoms with Crippen LogP contribution in [0.2, 0.25) is 5.02 Å². The van der Waals surface area contributed by atoms with E-state index in [0.29, 0.717) is 5.75 Å². The molecule has 3 aromatic carbocycles. The first-order valence-corrected chi connectivity index (χ1v) is 9.69. The molecule has 1 nitrogen and oxygen atoms in total. The summed E-state index contributed by atoms with van der Waals surface area (Å²) in [5.74, 6) is 0.659. The van der Waals surface area contributed by atoms with Crippen LogP contribution in [0, 0.1) is 11.6 Å². The van der Waals surface area contributed by atoms with E-state index < -0.39 is 0 Å². The Morgan fingerprint density at radius 2 is 1.64 bits per heavy atom. The molecule has 3 rings (SSSR count). The number of hydrogen-bond acceptors (Lipinski definition) is 1. The third-order valence-electron chi connectivity index (χ3n) is 4.92. The molecule has 0 amide bonds. The molecule has 0 aliphatic rings. The smallest absolute Gasteiger partial charge is 0.141 e. The molecular weight excluding hydrogens is 378 g/mol. The third-order valence-corrected chi connectivity index (χ3v) is 5.21. The zero-order valence-corrected chi connectivity index (χ0v) is 16.8. The van der Waals surface area contributed by atoms with Gasteiger partial charge in [-0.25, -0.2) is 8.78 Å². The van der Waals surface area contributed by atoms with Crippen molar-refractivity contribution in [2.45, 2.75) is 38.5 Å². The maximum absolute atomic E-state index is 13.4. The van der Waals surface area contributed by atoms with E-state index in [4.69, 9.17) is 16.3 Å². The molecule has 4 heteroatoms. The van der Waals surface area contributed by atoms with Gasteiger partial charge in [0.05, 0.1) is 5.02 Å². The topological polar surface area (TPSA) is 9.23 Å². The largest absolute Gasteiger partial charge is 0.457 e. The van der Waals surface area contributed by atoms with E-state index >= 15 is 0 Å². The van der Waals surface area contributed by atoms with Gasteiger partial charge in [0.15, 0.2) is 0 Å². The van der Waals surface area contributed by atoms with Crippen LogP contribution in [0.15, 0.2) is 66.7 Å². The maximum Gasteiger partial charge on any atom is 0.141 e. The molecule has 0 saturated carbocycles. The first kappa shape index (κ1) is 20.3. The number of benzene rings is 3. The van der Waals surface area contributed by atoms with Crippen LogP contribution in [-0.2, 0) is 11.8 Å².